The topological polar surface area (TPSA) is 92.9 Å². The second-order valence-electron chi connectivity index (χ2n) is 5.47. The van der Waals surface area contributed by atoms with Gasteiger partial charge in [-0.05, 0) is 24.3 Å². The van der Waals surface area contributed by atoms with Crippen LogP contribution in [0.2, 0.25) is 5.02 Å². The molecule has 0 aliphatic carbocycles. The molecule has 0 atom stereocenters. The highest BCUT2D eigenvalue weighted by Crippen LogP contribution is 2.33. The molecule has 0 aliphatic rings. The number of nitriles is 1. The Hall–Kier alpha value is -3.52. The third-order valence-corrected chi connectivity index (χ3v) is 3.81. The molecule has 0 saturated heterocycles. The Morgan fingerprint density at radius 1 is 1.27 bits per heavy atom. The summed E-state index contributed by atoms with van der Waals surface area (Å²) in [6.07, 6.45) is -5.70. The van der Waals surface area contributed by atoms with Crippen LogP contribution in [0.1, 0.15) is 16.7 Å². The molecular formula is C18H12ClF4N3O4. The molecule has 0 bridgehead atoms. The Balaban J connectivity index is 2.20. The van der Waals surface area contributed by atoms with Gasteiger partial charge in [-0.1, -0.05) is 28.9 Å². The largest absolute Gasteiger partial charge is 0.451 e. The summed E-state index contributed by atoms with van der Waals surface area (Å²) >= 11 is 5.92. The fraction of sp³-hybridized carbons (Fsp3) is 0.167. The molecule has 0 spiro atoms. The monoisotopic (exact) mass is 445 g/mol. The third-order valence-electron chi connectivity index (χ3n) is 3.49. The van der Waals surface area contributed by atoms with Crippen molar-refractivity contribution in [3.8, 4) is 11.8 Å². The van der Waals surface area contributed by atoms with E-state index in [1.165, 1.54) is 18.2 Å². The first-order valence-corrected chi connectivity index (χ1v) is 8.30. The number of rotatable bonds is 6. The molecule has 1 N–H and O–H groups in total. The number of benzene rings is 2. The average molecular weight is 446 g/mol. The molecule has 2 rings (SSSR count). The smallest absolute Gasteiger partial charge is 0.440 e. The number of carbonyl (C=O) groups is 1. The summed E-state index contributed by atoms with van der Waals surface area (Å²) in [6.45, 7) is -0.666. The number of amides is 1. The molecule has 0 unspecified atom stereocenters. The molecule has 0 radical (unpaired) electrons. The Morgan fingerprint density at radius 3 is 2.63 bits per heavy atom. The van der Waals surface area contributed by atoms with Gasteiger partial charge in [-0.25, -0.2) is 9.18 Å². The van der Waals surface area contributed by atoms with Crippen LogP contribution in [0.25, 0.3) is 0 Å². The zero-order valence-electron chi connectivity index (χ0n) is 15.1. The van der Waals surface area contributed by atoms with Crippen LogP contribution in [-0.4, -0.2) is 18.9 Å². The molecule has 2 aromatic rings. The number of alkyl halides is 3. The van der Waals surface area contributed by atoms with Crippen LogP contribution in [0.5, 0.6) is 5.75 Å². The van der Waals surface area contributed by atoms with Crippen molar-refractivity contribution < 1.29 is 36.8 Å². The zero-order chi connectivity index (χ0) is 22.3. The number of oxime groups is 1. The lowest BCUT2D eigenvalue weighted by molar-refractivity contribution is -0.139. The second-order valence-corrected chi connectivity index (χ2v) is 5.87. The predicted octanol–water partition coefficient (Wildman–Crippen LogP) is 4.59. The molecule has 30 heavy (non-hydrogen) atoms. The van der Waals surface area contributed by atoms with E-state index in [4.69, 9.17) is 21.3 Å². The van der Waals surface area contributed by atoms with Crippen LogP contribution in [0, 0.1) is 17.1 Å². The normalized spacial score (nSPS) is 11.4. The zero-order valence-corrected chi connectivity index (χ0v) is 15.8. The highest BCUT2D eigenvalue weighted by atomic mass is 35.5. The van der Waals surface area contributed by atoms with Crippen LogP contribution in [0.3, 0.4) is 0 Å². The number of nitrogens with one attached hydrogen (secondary N) is 1. The Bertz CT molecular complexity index is 1010. The summed E-state index contributed by atoms with van der Waals surface area (Å²) < 4.78 is 56.5. The minimum absolute atomic E-state index is 0.0552. The Labute approximate surface area is 172 Å². The van der Waals surface area contributed by atoms with Crippen LogP contribution < -0.4 is 10.3 Å². The Kier molecular flexibility index (Phi) is 7.43. The van der Waals surface area contributed by atoms with Gasteiger partial charge in [0.15, 0.2) is 11.5 Å². The van der Waals surface area contributed by atoms with Crippen molar-refractivity contribution >= 4 is 23.4 Å². The molecule has 0 saturated carbocycles. The molecule has 7 nitrogen and oxygen atoms in total. The highest BCUT2D eigenvalue weighted by molar-refractivity contribution is 6.32. The van der Waals surface area contributed by atoms with Crippen molar-refractivity contribution in [2.24, 2.45) is 5.16 Å². The molecule has 1 amide bonds. The minimum atomic E-state index is -4.79. The summed E-state index contributed by atoms with van der Waals surface area (Å²) in [4.78, 5) is 20.9. The van der Waals surface area contributed by atoms with E-state index < -0.39 is 30.3 Å². The number of carbonyl (C=O) groups excluding carboxylic acids is 1. The fourth-order valence-corrected chi connectivity index (χ4v) is 2.27. The van der Waals surface area contributed by atoms with Gasteiger partial charge in [0.05, 0.1) is 17.7 Å². The number of ether oxygens (including phenoxy) is 1. The van der Waals surface area contributed by atoms with E-state index in [9.17, 15) is 27.6 Å². The lowest BCUT2D eigenvalue weighted by atomic mass is 10.1. The van der Waals surface area contributed by atoms with Crippen molar-refractivity contribution in [3.63, 3.8) is 0 Å². The van der Waals surface area contributed by atoms with E-state index in [1.807, 2.05) is 5.48 Å². The van der Waals surface area contributed by atoms with Crippen molar-refractivity contribution in [3.05, 3.63) is 63.9 Å². The van der Waals surface area contributed by atoms with Gasteiger partial charge in [0.2, 0.25) is 0 Å². The maximum absolute atomic E-state index is 13.1. The standard InChI is InChI=1S/C18H12ClF4N3O4/c1-28-17(27)26-30-16-6-10(3-5-14(16)19)15(8-24)25-29-9-11-2-4-12(20)7-13(11)18(21,22)23/h2-7H,9H2,1H3,(H,26,27). The van der Waals surface area contributed by atoms with Gasteiger partial charge in [0.25, 0.3) is 0 Å². The van der Waals surface area contributed by atoms with Crippen LogP contribution in [-0.2, 0) is 22.4 Å². The quantitative estimate of drug-likeness (QED) is 0.399. The Morgan fingerprint density at radius 2 is 2.00 bits per heavy atom. The summed E-state index contributed by atoms with van der Waals surface area (Å²) in [5, 5.41) is 12.9. The maximum atomic E-state index is 13.1. The molecule has 2 aromatic carbocycles. The van der Waals surface area contributed by atoms with Gasteiger partial charge in [-0.2, -0.15) is 23.9 Å². The van der Waals surface area contributed by atoms with Gasteiger partial charge in [-0.15, -0.1) is 0 Å². The van der Waals surface area contributed by atoms with Gasteiger partial charge in [0, 0.05) is 11.1 Å². The molecule has 158 valence electrons. The van der Waals surface area contributed by atoms with Crippen LogP contribution >= 0.6 is 11.6 Å². The summed E-state index contributed by atoms with van der Waals surface area (Å²) in [7, 11) is 1.11. The van der Waals surface area contributed by atoms with Gasteiger partial charge < -0.3 is 14.4 Å². The molecule has 0 aliphatic heterocycles. The molecule has 12 heteroatoms. The number of hydrogen-bond acceptors (Lipinski definition) is 6. The number of nitrogens with zero attached hydrogens (tertiary/aromatic N) is 2. The van der Waals surface area contributed by atoms with Crippen molar-refractivity contribution in [2.75, 3.05) is 7.11 Å². The molecular weight excluding hydrogens is 434 g/mol. The molecule has 0 aromatic heterocycles. The third kappa shape index (κ3) is 5.99. The minimum Gasteiger partial charge on any atom is -0.451 e. The molecule has 0 heterocycles. The maximum Gasteiger partial charge on any atom is 0.440 e. The van der Waals surface area contributed by atoms with E-state index in [-0.39, 0.29) is 27.6 Å². The lowest BCUT2D eigenvalue weighted by Crippen LogP contribution is -2.26. The first kappa shape index (κ1) is 22.8. The number of halogens is 5. The second kappa shape index (κ2) is 9.80. The summed E-state index contributed by atoms with van der Waals surface area (Å²) in [5.41, 5.74) is 0.166. The fourth-order valence-electron chi connectivity index (χ4n) is 2.11. The van der Waals surface area contributed by atoms with Crippen LogP contribution in [0.4, 0.5) is 22.4 Å². The lowest BCUT2D eigenvalue weighted by Gasteiger charge is -2.12. The van der Waals surface area contributed by atoms with Crippen molar-refractivity contribution in [1.29, 1.82) is 5.26 Å². The predicted molar refractivity (Wildman–Crippen MR) is 96.0 cm³/mol. The van der Waals surface area contributed by atoms with Gasteiger partial charge in [-0.3, -0.25) is 0 Å². The van der Waals surface area contributed by atoms with Gasteiger partial charge in [0.1, 0.15) is 18.5 Å². The van der Waals surface area contributed by atoms with Crippen LogP contribution in [0.15, 0.2) is 41.6 Å². The number of hydroxylamine groups is 1. The highest BCUT2D eigenvalue weighted by Gasteiger charge is 2.34. The summed E-state index contributed by atoms with van der Waals surface area (Å²) in [5.74, 6) is -1.11. The average Bonchev–Trinajstić information content (AvgIpc) is 2.70. The number of hydrogen-bond donors (Lipinski definition) is 1. The number of methoxy groups -OCH3 is 1. The molecule has 0 fully saturated rings. The van der Waals surface area contributed by atoms with E-state index in [0.29, 0.717) is 6.07 Å². The first-order valence-electron chi connectivity index (χ1n) is 7.92. The van der Waals surface area contributed by atoms with E-state index in [1.54, 1.807) is 6.07 Å². The summed E-state index contributed by atoms with van der Waals surface area (Å²) in [6, 6.07) is 7.75. The van der Waals surface area contributed by atoms with E-state index in [2.05, 4.69) is 9.89 Å². The van der Waals surface area contributed by atoms with Crippen molar-refractivity contribution in [2.45, 2.75) is 12.8 Å². The van der Waals surface area contributed by atoms with E-state index >= 15 is 0 Å². The van der Waals surface area contributed by atoms with Crippen molar-refractivity contribution in [1.82, 2.24) is 5.48 Å². The first-order chi connectivity index (χ1) is 14.2. The van der Waals surface area contributed by atoms with Gasteiger partial charge >= 0.3 is 12.3 Å². The SMILES string of the molecule is COC(=O)NOc1cc(C(C#N)=NOCc2ccc(F)cc2C(F)(F)F)ccc1Cl. The van der Waals surface area contributed by atoms with E-state index in [0.717, 1.165) is 19.2 Å².